The Labute approximate surface area is 138 Å². The third kappa shape index (κ3) is 3.73. The molecule has 0 aromatic heterocycles. The van der Waals surface area contributed by atoms with Crippen molar-refractivity contribution < 1.29 is 0 Å². The van der Waals surface area contributed by atoms with E-state index in [4.69, 9.17) is 23.2 Å². The highest BCUT2D eigenvalue weighted by atomic mass is 35.5. The van der Waals surface area contributed by atoms with Gasteiger partial charge in [-0.3, -0.25) is 0 Å². The molecule has 118 valence electrons. The molecule has 1 aromatic carbocycles. The van der Waals surface area contributed by atoms with E-state index in [1.54, 1.807) is 0 Å². The fraction of sp³-hybridized carbons (Fsp3) is 0.647. The van der Waals surface area contributed by atoms with Crippen molar-refractivity contribution in [3.63, 3.8) is 0 Å². The summed E-state index contributed by atoms with van der Waals surface area (Å²) in [5.41, 5.74) is 1.42. The van der Waals surface area contributed by atoms with E-state index in [1.165, 1.54) is 31.2 Å². The third-order valence-corrected chi connectivity index (χ3v) is 5.49. The molecule has 4 heteroatoms. The summed E-state index contributed by atoms with van der Waals surface area (Å²) >= 11 is 12.4. The largest absolute Gasteiger partial charge is 0.312 e. The second kappa shape index (κ2) is 7.32. The number of nitrogens with zero attached hydrogens (tertiary/aromatic N) is 1. The summed E-state index contributed by atoms with van der Waals surface area (Å²) in [4.78, 5) is 2.41. The minimum atomic E-state index is 0.235. The Bertz CT molecular complexity index is 468. The zero-order valence-electron chi connectivity index (χ0n) is 13.3. The molecule has 21 heavy (non-hydrogen) atoms. The maximum absolute atomic E-state index is 6.38. The van der Waals surface area contributed by atoms with Crippen LogP contribution in [0.15, 0.2) is 18.2 Å². The van der Waals surface area contributed by atoms with Crippen molar-refractivity contribution in [3.05, 3.63) is 33.8 Å². The Hall–Kier alpha value is -0.280. The van der Waals surface area contributed by atoms with E-state index >= 15 is 0 Å². The molecule has 2 rings (SSSR count). The number of hydrogen-bond acceptors (Lipinski definition) is 2. The molecule has 2 nitrogen and oxygen atoms in total. The molecule has 1 saturated carbocycles. The highest BCUT2D eigenvalue weighted by molar-refractivity contribution is 6.35. The van der Waals surface area contributed by atoms with Crippen molar-refractivity contribution in [1.82, 2.24) is 10.2 Å². The average molecular weight is 329 g/mol. The van der Waals surface area contributed by atoms with Crippen LogP contribution in [0, 0.1) is 0 Å². The first-order valence-corrected chi connectivity index (χ1v) is 8.60. The van der Waals surface area contributed by atoms with E-state index in [9.17, 15) is 0 Å². The zero-order chi connectivity index (χ0) is 15.5. The lowest BCUT2D eigenvalue weighted by Gasteiger charge is -2.44. The van der Waals surface area contributed by atoms with Crippen LogP contribution in [-0.2, 0) is 6.42 Å². The molecule has 1 aromatic rings. The van der Waals surface area contributed by atoms with Crippen molar-refractivity contribution in [1.29, 1.82) is 0 Å². The first kappa shape index (κ1) is 17.1. The summed E-state index contributed by atoms with van der Waals surface area (Å²) in [6.45, 7) is 3.15. The molecule has 1 N–H and O–H groups in total. The van der Waals surface area contributed by atoms with E-state index in [0.717, 1.165) is 18.0 Å². The zero-order valence-corrected chi connectivity index (χ0v) is 14.8. The van der Waals surface area contributed by atoms with Gasteiger partial charge in [-0.05, 0) is 57.6 Å². The van der Waals surface area contributed by atoms with Gasteiger partial charge in [0, 0.05) is 21.6 Å². The number of hydrogen-bond donors (Lipinski definition) is 1. The Kier molecular flexibility index (Phi) is 5.96. The van der Waals surface area contributed by atoms with Gasteiger partial charge >= 0.3 is 0 Å². The molecule has 1 aliphatic rings. The molecule has 0 bridgehead atoms. The van der Waals surface area contributed by atoms with Crippen molar-refractivity contribution >= 4 is 23.2 Å². The van der Waals surface area contributed by atoms with Gasteiger partial charge in [-0.15, -0.1) is 0 Å². The van der Waals surface area contributed by atoms with Crippen LogP contribution in [0.1, 0.15) is 38.2 Å². The highest BCUT2D eigenvalue weighted by Gasteiger charge is 2.42. The minimum absolute atomic E-state index is 0.235. The SMILES string of the molecule is CCNC(Cc1ccc(Cl)cc1Cl)C1(N(C)C)CCCC1. The van der Waals surface area contributed by atoms with Crippen molar-refractivity contribution in [2.75, 3.05) is 20.6 Å². The Morgan fingerprint density at radius 2 is 1.90 bits per heavy atom. The van der Waals surface area contributed by atoms with Crippen LogP contribution in [0.5, 0.6) is 0 Å². The monoisotopic (exact) mass is 328 g/mol. The van der Waals surface area contributed by atoms with E-state index in [-0.39, 0.29) is 5.54 Å². The Morgan fingerprint density at radius 1 is 1.24 bits per heavy atom. The smallest absolute Gasteiger partial charge is 0.0453 e. The van der Waals surface area contributed by atoms with Crippen LogP contribution in [-0.4, -0.2) is 37.1 Å². The van der Waals surface area contributed by atoms with E-state index in [2.05, 4.69) is 37.3 Å². The molecule has 1 unspecified atom stereocenters. The van der Waals surface area contributed by atoms with Gasteiger partial charge in [0.05, 0.1) is 0 Å². The van der Waals surface area contributed by atoms with Crippen LogP contribution < -0.4 is 5.32 Å². The lowest BCUT2D eigenvalue weighted by atomic mass is 9.83. The van der Waals surface area contributed by atoms with Gasteiger partial charge in [-0.25, -0.2) is 0 Å². The minimum Gasteiger partial charge on any atom is -0.312 e. The second-order valence-electron chi connectivity index (χ2n) is 6.26. The summed E-state index contributed by atoms with van der Waals surface area (Å²) in [5.74, 6) is 0. The summed E-state index contributed by atoms with van der Waals surface area (Å²) < 4.78 is 0. The first-order valence-electron chi connectivity index (χ1n) is 7.84. The highest BCUT2D eigenvalue weighted by Crippen LogP contribution is 2.38. The second-order valence-corrected chi connectivity index (χ2v) is 7.10. The first-order chi connectivity index (χ1) is 9.99. The number of halogens is 2. The molecule has 0 spiro atoms. The topological polar surface area (TPSA) is 15.3 Å². The van der Waals surface area contributed by atoms with E-state index < -0.39 is 0 Å². The van der Waals surface area contributed by atoms with E-state index in [0.29, 0.717) is 11.1 Å². The van der Waals surface area contributed by atoms with Gasteiger partial charge in [0.25, 0.3) is 0 Å². The summed E-state index contributed by atoms with van der Waals surface area (Å²) in [7, 11) is 4.41. The molecule has 0 aliphatic heterocycles. The van der Waals surface area contributed by atoms with Crippen LogP contribution in [0.2, 0.25) is 10.0 Å². The van der Waals surface area contributed by atoms with Gasteiger partial charge in [-0.1, -0.05) is 49.0 Å². The number of rotatable bonds is 6. The van der Waals surface area contributed by atoms with Crippen molar-refractivity contribution in [2.45, 2.75) is 50.6 Å². The van der Waals surface area contributed by atoms with Crippen LogP contribution in [0.25, 0.3) is 0 Å². The molecule has 1 atom stereocenters. The van der Waals surface area contributed by atoms with Gasteiger partial charge in [0.2, 0.25) is 0 Å². The molecule has 1 aliphatic carbocycles. The van der Waals surface area contributed by atoms with Crippen molar-refractivity contribution in [3.8, 4) is 0 Å². The Morgan fingerprint density at radius 3 is 2.43 bits per heavy atom. The van der Waals surface area contributed by atoms with Gasteiger partial charge in [0.1, 0.15) is 0 Å². The average Bonchev–Trinajstić information content (AvgIpc) is 2.91. The maximum Gasteiger partial charge on any atom is 0.0453 e. The summed E-state index contributed by atoms with van der Waals surface area (Å²) in [6.07, 6.45) is 6.08. The molecular weight excluding hydrogens is 303 g/mol. The van der Waals surface area contributed by atoms with Crippen molar-refractivity contribution in [2.24, 2.45) is 0 Å². The normalized spacial score (nSPS) is 19.1. The number of benzene rings is 1. The number of likely N-dealkylation sites (N-methyl/N-ethyl adjacent to an activating group) is 2. The standard InChI is InChI=1S/C17H26Cl2N2/c1-4-20-16(17(21(2)3)9-5-6-10-17)11-13-7-8-14(18)12-15(13)19/h7-8,12,16,20H,4-6,9-11H2,1-3H3. The number of nitrogens with one attached hydrogen (secondary N) is 1. The molecule has 1 fully saturated rings. The van der Waals surface area contributed by atoms with Crippen LogP contribution in [0.3, 0.4) is 0 Å². The maximum atomic E-state index is 6.38. The predicted octanol–water partition coefficient (Wildman–Crippen LogP) is 4.39. The predicted molar refractivity (Wildman–Crippen MR) is 92.5 cm³/mol. The van der Waals surface area contributed by atoms with Gasteiger partial charge in [-0.2, -0.15) is 0 Å². The third-order valence-electron chi connectivity index (χ3n) is 4.90. The summed E-state index contributed by atoms with van der Waals surface area (Å²) in [6, 6.07) is 6.26. The fourth-order valence-electron chi connectivity index (χ4n) is 3.70. The summed E-state index contributed by atoms with van der Waals surface area (Å²) in [5, 5.41) is 5.18. The molecule has 0 radical (unpaired) electrons. The molecule has 0 saturated heterocycles. The fourth-order valence-corrected chi connectivity index (χ4v) is 4.19. The van der Waals surface area contributed by atoms with E-state index in [1.807, 2.05) is 12.1 Å². The quantitative estimate of drug-likeness (QED) is 0.833. The van der Waals surface area contributed by atoms with Gasteiger partial charge < -0.3 is 10.2 Å². The lowest BCUT2D eigenvalue weighted by Crippen LogP contribution is -2.58. The Balaban J connectivity index is 2.26. The molecule has 0 heterocycles. The van der Waals surface area contributed by atoms with Crippen LogP contribution >= 0.6 is 23.2 Å². The molecule has 0 amide bonds. The molecular formula is C17H26Cl2N2. The van der Waals surface area contributed by atoms with Gasteiger partial charge in [0.15, 0.2) is 0 Å². The van der Waals surface area contributed by atoms with Crippen LogP contribution in [0.4, 0.5) is 0 Å². The lowest BCUT2D eigenvalue weighted by molar-refractivity contribution is 0.105.